The summed E-state index contributed by atoms with van der Waals surface area (Å²) in [5.41, 5.74) is 2.52. The Labute approximate surface area is 178 Å². The van der Waals surface area contributed by atoms with E-state index in [4.69, 9.17) is 4.98 Å². The maximum atomic E-state index is 13.7. The fraction of sp³-hybridized carbons (Fsp3) is 0.500. The summed E-state index contributed by atoms with van der Waals surface area (Å²) in [6.07, 6.45) is 3.97. The van der Waals surface area contributed by atoms with Gasteiger partial charge in [0.05, 0.1) is 11.9 Å². The van der Waals surface area contributed by atoms with E-state index >= 15 is 0 Å². The SMILES string of the molecule is Cc1cc(C(F)F)n2ncc(C(=O)N3CCC[C@@]4(C)c5nc(C)ncc5CCC34)c2n1. The van der Waals surface area contributed by atoms with Crippen LogP contribution in [0.1, 0.15) is 71.4 Å². The van der Waals surface area contributed by atoms with Gasteiger partial charge in [-0.05, 0) is 51.2 Å². The molecule has 0 saturated carbocycles. The molecule has 9 heteroatoms. The molecule has 162 valence electrons. The van der Waals surface area contributed by atoms with E-state index in [1.54, 1.807) is 6.92 Å². The van der Waals surface area contributed by atoms with Gasteiger partial charge in [0.1, 0.15) is 17.1 Å². The van der Waals surface area contributed by atoms with Crippen LogP contribution in [0.15, 0.2) is 18.5 Å². The number of piperidine rings is 1. The van der Waals surface area contributed by atoms with Crippen molar-refractivity contribution >= 4 is 11.6 Å². The van der Waals surface area contributed by atoms with E-state index in [1.165, 1.54) is 12.3 Å². The predicted octanol–water partition coefficient (Wildman–Crippen LogP) is 3.58. The van der Waals surface area contributed by atoms with Crippen LogP contribution in [0.3, 0.4) is 0 Å². The van der Waals surface area contributed by atoms with E-state index < -0.39 is 6.43 Å². The van der Waals surface area contributed by atoms with Crippen LogP contribution in [0, 0.1) is 13.8 Å². The van der Waals surface area contributed by atoms with Crippen molar-refractivity contribution in [1.82, 2.24) is 29.5 Å². The molecular weight excluding hydrogens is 402 g/mol. The van der Waals surface area contributed by atoms with E-state index in [1.807, 2.05) is 18.0 Å². The molecule has 7 nitrogen and oxygen atoms in total. The van der Waals surface area contributed by atoms with E-state index in [2.05, 4.69) is 22.0 Å². The summed E-state index contributed by atoms with van der Waals surface area (Å²) in [5.74, 6) is 0.518. The van der Waals surface area contributed by atoms with Crippen molar-refractivity contribution in [3.8, 4) is 0 Å². The summed E-state index contributed by atoms with van der Waals surface area (Å²) in [6.45, 7) is 6.32. The van der Waals surface area contributed by atoms with Gasteiger partial charge in [-0.2, -0.15) is 5.10 Å². The predicted molar refractivity (Wildman–Crippen MR) is 109 cm³/mol. The van der Waals surface area contributed by atoms with Crippen LogP contribution in [-0.4, -0.2) is 48.0 Å². The highest BCUT2D eigenvalue weighted by Gasteiger charge is 2.48. The summed E-state index contributed by atoms with van der Waals surface area (Å²) >= 11 is 0. The first-order valence-electron chi connectivity index (χ1n) is 10.6. The highest BCUT2D eigenvalue weighted by Crippen LogP contribution is 2.45. The summed E-state index contributed by atoms with van der Waals surface area (Å²) in [6, 6.07) is 1.28. The van der Waals surface area contributed by atoms with Gasteiger partial charge in [-0.25, -0.2) is 28.2 Å². The lowest BCUT2D eigenvalue weighted by Gasteiger charge is -2.51. The number of hydrogen-bond donors (Lipinski definition) is 0. The molecule has 4 heterocycles. The number of halogens is 2. The Morgan fingerprint density at radius 1 is 1.26 bits per heavy atom. The van der Waals surface area contributed by atoms with Gasteiger partial charge in [0.2, 0.25) is 0 Å². The molecule has 3 aromatic heterocycles. The first-order valence-corrected chi connectivity index (χ1v) is 10.6. The molecule has 1 amide bonds. The first-order chi connectivity index (χ1) is 14.8. The van der Waals surface area contributed by atoms with Gasteiger partial charge in [-0.15, -0.1) is 0 Å². The normalized spacial score (nSPS) is 23.2. The van der Waals surface area contributed by atoms with Crippen molar-refractivity contribution in [2.24, 2.45) is 0 Å². The number of alkyl halides is 2. The molecule has 5 rings (SSSR count). The third-order valence-corrected chi connectivity index (χ3v) is 6.76. The number of rotatable bonds is 2. The number of carbonyl (C=O) groups excluding carboxylic acids is 1. The summed E-state index contributed by atoms with van der Waals surface area (Å²) in [7, 11) is 0. The number of likely N-dealkylation sites (tertiary alicyclic amines) is 1. The second kappa shape index (κ2) is 7.03. The molecule has 1 aliphatic heterocycles. The number of carbonyl (C=O) groups is 1. The highest BCUT2D eigenvalue weighted by molar-refractivity contribution is 6.00. The number of amides is 1. The number of fused-ring (bicyclic) bond motifs is 4. The quantitative estimate of drug-likeness (QED) is 0.626. The average Bonchev–Trinajstić information content (AvgIpc) is 3.15. The van der Waals surface area contributed by atoms with E-state index in [9.17, 15) is 13.6 Å². The topological polar surface area (TPSA) is 76.3 Å². The lowest BCUT2D eigenvalue weighted by atomic mass is 9.65. The third-order valence-electron chi connectivity index (χ3n) is 6.76. The van der Waals surface area contributed by atoms with E-state index in [0.717, 1.165) is 47.3 Å². The van der Waals surface area contributed by atoms with Crippen LogP contribution < -0.4 is 0 Å². The van der Waals surface area contributed by atoms with E-state index in [0.29, 0.717) is 12.2 Å². The van der Waals surface area contributed by atoms with Crippen molar-refractivity contribution < 1.29 is 13.6 Å². The minimum Gasteiger partial charge on any atom is -0.335 e. The van der Waals surface area contributed by atoms with Crippen molar-refractivity contribution in [2.75, 3.05) is 6.54 Å². The Morgan fingerprint density at radius 2 is 2.06 bits per heavy atom. The number of nitrogens with zero attached hydrogens (tertiary/aromatic N) is 6. The van der Waals surface area contributed by atoms with Crippen molar-refractivity contribution in [2.45, 2.75) is 64.3 Å². The molecule has 2 aliphatic rings. The Bertz CT molecular complexity index is 1190. The van der Waals surface area contributed by atoms with Gasteiger partial charge in [-0.3, -0.25) is 4.79 Å². The Kier molecular flexibility index (Phi) is 4.53. The molecular formula is C22H24F2N6O. The molecule has 0 aromatic carbocycles. The van der Waals surface area contributed by atoms with Gasteiger partial charge in [0.25, 0.3) is 12.3 Å². The molecule has 0 N–H and O–H groups in total. The Balaban J connectivity index is 1.57. The maximum absolute atomic E-state index is 13.7. The number of aromatic nitrogens is 5. The molecule has 0 spiro atoms. The smallest absolute Gasteiger partial charge is 0.280 e. The average molecular weight is 426 g/mol. The molecule has 2 atom stereocenters. The summed E-state index contributed by atoms with van der Waals surface area (Å²) < 4.78 is 28.1. The molecule has 1 aliphatic carbocycles. The lowest BCUT2D eigenvalue weighted by molar-refractivity contribution is 0.0380. The zero-order valence-electron chi connectivity index (χ0n) is 17.8. The highest BCUT2D eigenvalue weighted by atomic mass is 19.3. The van der Waals surface area contributed by atoms with Crippen molar-refractivity contribution in [1.29, 1.82) is 0 Å². The molecule has 3 aromatic rings. The zero-order valence-corrected chi connectivity index (χ0v) is 17.8. The maximum Gasteiger partial charge on any atom is 0.280 e. The summed E-state index contributed by atoms with van der Waals surface area (Å²) in [5, 5.41) is 4.07. The van der Waals surface area contributed by atoms with Crippen LogP contribution in [0.4, 0.5) is 8.78 Å². The van der Waals surface area contributed by atoms with Crippen LogP contribution in [0.25, 0.3) is 5.65 Å². The van der Waals surface area contributed by atoms with E-state index in [-0.39, 0.29) is 34.3 Å². The monoisotopic (exact) mass is 426 g/mol. The Hall–Kier alpha value is -2.97. The van der Waals surface area contributed by atoms with Crippen LogP contribution in [-0.2, 0) is 11.8 Å². The molecule has 1 unspecified atom stereocenters. The van der Waals surface area contributed by atoms with Crippen LogP contribution in [0.2, 0.25) is 0 Å². The van der Waals surface area contributed by atoms with Gasteiger partial charge >= 0.3 is 0 Å². The second-order valence-corrected chi connectivity index (χ2v) is 8.78. The third kappa shape index (κ3) is 3.01. The largest absolute Gasteiger partial charge is 0.335 e. The molecule has 0 radical (unpaired) electrons. The van der Waals surface area contributed by atoms with Gasteiger partial charge in [-0.1, -0.05) is 6.92 Å². The van der Waals surface area contributed by atoms with Gasteiger partial charge in [0.15, 0.2) is 5.65 Å². The fourth-order valence-electron chi connectivity index (χ4n) is 5.32. The Morgan fingerprint density at radius 3 is 2.84 bits per heavy atom. The molecule has 1 saturated heterocycles. The second-order valence-electron chi connectivity index (χ2n) is 8.78. The van der Waals surface area contributed by atoms with Crippen LogP contribution >= 0.6 is 0 Å². The lowest BCUT2D eigenvalue weighted by Crippen LogP contribution is -2.57. The molecule has 1 fully saturated rings. The standard InChI is InChI=1S/C22H24F2N6O/c1-12-9-16(19(23)24)30-20(27-12)15(11-26-30)21(31)29-8-4-7-22(3)17(29)6-5-14-10-25-13(2)28-18(14)22/h9-11,17,19H,4-8H2,1-3H3/t17?,22-/m1/s1. The number of hydrogen-bond acceptors (Lipinski definition) is 5. The first kappa shape index (κ1) is 20.0. The molecule has 0 bridgehead atoms. The zero-order chi connectivity index (χ0) is 21.9. The minimum atomic E-state index is -2.71. The van der Waals surface area contributed by atoms with Crippen molar-refractivity contribution in [3.05, 3.63) is 52.5 Å². The van der Waals surface area contributed by atoms with Gasteiger partial charge in [0, 0.05) is 29.9 Å². The molecule has 31 heavy (non-hydrogen) atoms. The van der Waals surface area contributed by atoms with Gasteiger partial charge < -0.3 is 4.90 Å². The fourth-order valence-corrected chi connectivity index (χ4v) is 5.32. The summed E-state index contributed by atoms with van der Waals surface area (Å²) in [4.78, 5) is 29.0. The van der Waals surface area contributed by atoms with Crippen LogP contribution in [0.5, 0.6) is 0 Å². The van der Waals surface area contributed by atoms with Crippen molar-refractivity contribution in [3.63, 3.8) is 0 Å². The number of aryl methyl sites for hydroxylation is 3. The minimum absolute atomic E-state index is 0.0233.